The second-order valence-electron chi connectivity index (χ2n) is 5.72. The fraction of sp³-hybridized carbons (Fsp3) is 0.667. The van der Waals surface area contributed by atoms with Crippen molar-refractivity contribution in [3.63, 3.8) is 0 Å². The van der Waals surface area contributed by atoms with Crippen molar-refractivity contribution < 1.29 is 0 Å². The third-order valence-electron chi connectivity index (χ3n) is 4.36. The van der Waals surface area contributed by atoms with E-state index >= 15 is 0 Å². The quantitative estimate of drug-likeness (QED) is 0.639. The number of nitrogens with two attached hydrogens (primary N) is 1. The minimum absolute atomic E-state index is 0.0954. The van der Waals surface area contributed by atoms with Crippen LogP contribution in [0.2, 0.25) is 0 Å². The average Bonchev–Trinajstić information content (AvgIpc) is 2.48. The summed E-state index contributed by atoms with van der Waals surface area (Å²) in [6, 6.07) is 0.455. The van der Waals surface area contributed by atoms with Gasteiger partial charge in [-0.1, -0.05) is 13.8 Å². The number of anilines is 1. The molecule has 1 saturated heterocycles. The number of likely N-dealkylation sites (N-methyl/N-ethyl adjacent to an activating group) is 1. The van der Waals surface area contributed by atoms with Crippen LogP contribution in [-0.4, -0.2) is 53.7 Å². The van der Waals surface area contributed by atoms with Crippen LogP contribution < -0.4 is 10.6 Å². The third kappa shape index (κ3) is 3.00. The summed E-state index contributed by atoms with van der Waals surface area (Å²) < 4.78 is 0. The Bertz CT molecular complexity index is 527. The molecule has 6 heteroatoms. The van der Waals surface area contributed by atoms with Gasteiger partial charge in [0.05, 0.1) is 11.3 Å². The molecule has 0 aromatic carbocycles. The maximum atomic E-state index is 7.97. The number of amidine groups is 1. The van der Waals surface area contributed by atoms with Gasteiger partial charge >= 0.3 is 0 Å². The molecule has 21 heavy (non-hydrogen) atoms. The van der Waals surface area contributed by atoms with Gasteiger partial charge in [0, 0.05) is 25.7 Å². The summed E-state index contributed by atoms with van der Waals surface area (Å²) >= 11 is 0. The third-order valence-corrected chi connectivity index (χ3v) is 4.36. The van der Waals surface area contributed by atoms with Crippen LogP contribution in [0, 0.1) is 5.41 Å². The summed E-state index contributed by atoms with van der Waals surface area (Å²) in [7, 11) is 2.14. The van der Waals surface area contributed by atoms with Crippen LogP contribution in [0.5, 0.6) is 0 Å². The molecule has 1 aromatic heterocycles. The molecule has 1 atom stereocenters. The summed E-state index contributed by atoms with van der Waals surface area (Å²) in [6.07, 6.45) is 1.64. The molecule has 3 N–H and O–H groups in total. The fourth-order valence-electron chi connectivity index (χ4n) is 2.91. The van der Waals surface area contributed by atoms with E-state index in [1.807, 2.05) is 0 Å². The molecule has 6 nitrogen and oxygen atoms in total. The molecule has 0 radical (unpaired) electrons. The highest BCUT2D eigenvalue weighted by Crippen LogP contribution is 2.25. The molecule has 0 bridgehead atoms. The standard InChI is InChI=1S/C15H26N6/c1-5-11-12(6-2)18-19-15(13(11)14(16)17)21-8-7-20(4)10(3)9-21/h10H,5-9H2,1-4H3,(H3,16,17). The molecule has 0 spiro atoms. The maximum Gasteiger partial charge on any atom is 0.162 e. The van der Waals surface area contributed by atoms with E-state index in [1.165, 1.54) is 0 Å². The number of hydrogen-bond donors (Lipinski definition) is 2. The molecule has 0 saturated carbocycles. The van der Waals surface area contributed by atoms with Gasteiger partial charge in [-0.25, -0.2) is 0 Å². The van der Waals surface area contributed by atoms with Crippen molar-refractivity contribution in [1.29, 1.82) is 5.41 Å². The largest absolute Gasteiger partial charge is 0.384 e. The van der Waals surface area contributed by atoms with Crippen molar-refractivity contribution in [2.75, 3.05) is 31.6 Å². The highest BCUT2D eigenvalue weighted by Gasteiger charge is 2.26. The van der Waals surface area contributed by atoms with E-state index < -0.39 is 0 Å². The van der Waals surface area contributed by atoms with Gasteiger partial charge in [-0.2, -0.15) is 5.10 Å². The normalized spacial score (nSPS) is 19.8. The Morgan fingerprint density at radius 2 is 2.00 bits per heavy atom. The number of hydrogen-bond acceptors (Lipinski definition) is 5. The predicted octanol–water partition coefficient (Wildman–Crippen LogP) is 1.03. The molecule has 116 valence electrons. The zero-order valence-electron chi connectivity index (χ0n) is 13.5. The molecule has 1 unspecified atom stereocenters. The summed E-state index contributed by atoms with van der Waals surface area (Å²) in [5, 5.41) is 16.7. The Kier molecular flexibility index (Phi) is 4.77. The van der Waals surface area contributed by atoms with Crippen molar-refractivity contribution >= 4 is 11.7 Å². The van der Waals surface area contributed by atoms with Crippen LogP contribution >= 0.6 is 0 Å². The highest BCUT2D eigenvalue weighted by atomic mass is 15.3. The van der Waals surface area contributed by atoms with E-state index in [-0.39, 0.29) is 5.84 Å². The SMILES string of the molecule is CCc1nnc(N2CCN(C)C(C)C2)c(C(=N)N)c1CC. The topological polar surface area (TPSA) is 82.1 Å². The molecule has 0 aliphatic carbocycles. The summed E-state index contributed by atoms with van der Waals surface area (Å²) in [6.45, 7) is 9.11. The zero-order valence-corrected chi connectivity index (χ0v) is 13.5. The van der Waals surface area contributed by atoms with Gasteiger partial charge in [-0.15, -0.1) is 5.10 Å². The van der Waals surface area contributed by atoms with Crippen LogP contribution in [0.1, 0.15) is 37.6 Å². The first-order valence-electron chi connectivity index (χ1n) is 7.67. The molecular formula is C15H26N6. The number of aryl methyl sites for hydroxylation is 1. The molecule has 2 rings (SSSR count). The van der Waals surface area contributed by atoms with E-state index in [4.69, 9.17) is 11.1 Å². The zero-order chi connectivity index (χ0) is 15.6. The predicted molar refractivity (Wildman–Crippen MR) is 86.1 cm³/mol. The van der Waals surface area contributed by atoms with Crippen LogP contribution in [0.4, 0.5) is 5.82 Å². The van der Waals surface area contributed by atoms with Crippen LogP contribution in [0.15, 0.2) is 0 Å². The van der Waals surface area contributed by atoms with Gasteiger partial charge < -0.3 is 15.5 Å². The van der Waals surface area contributed by atoms with Gasteiger partial charge in [-0.3, -0.25) is 5.41 Å². The lowest BCUT2D eigenvalue weighted by atomic mass is 10.0. The summed E-state index contributed by atoms with van der Waals surface area (Å²) in [5.41, 5.74) is 8.66. The lowest BCUT2D eigenvalue weighted by molar-refractivity contribution is 0.233. The van der Waals surface area contributed by atoms with Crippen molar-refractivity contribution in [1.82, 2.24) is 15.1 Å². The summed E-state index contributed by atoms with van der Waals surface area (Å²) in [4.78, 5) is 4.55. The Balaban J connectivity index is 2.46. The minimum atomic E-state index is 0.0954. The Morgan fingerprint density at radius 1 is 1.29 bits per heavy atom. The van der Waals surface area contributed by atoms with Gasteiger partial charge in [0.15, 0.2) is 5.82 Å². The first-order chi connectivity index (χ1) is 9.99. The first kappa shape index (κ1) is 15.7. The number of piperazine rings is 1. The average molecular weight is 290 g/mol. The molecular weight excluding hydrogens is 264 g/mol. The van der Waals surface area contributed by atoms with Gasteiger partial charge in [0.2, 0.25) is 0 Å². The smallest absolute Gasteiger partial charge is 0.162 e. The number of rotatable bonds is 4. The lowest BCUT2D eigenvalue weighted by Gasteiger charge is -2.39. The second kappa shape index (κ2) is 6.39. The van der Waals surface area contributed by atoms with E-state index in [9.17, 15) is 0 Å². The Hall–Kier alpha value is -1.69. The molecule has 2 heterocycles. The minimum Gasteiger partial charge on any atom is -0.384 e. The van der Waals surface area contributed by atoms with Crippen LogP contribution in [-0.2, 0) is 12.8 Å². The fourth-order valence-corrected chi connectivity index (χ4v) is 2.91. The highest BCUT2D eigenvalue weighted by molar-refractivity contribution is 6.01. The van der Waals surface area contributed by atoms with Crippen molar-refractivity contribution in [3.8, 4) is 0 Å². The van der Waals surface area contributed by atoms with E-state index in [2.05, 4.69) is 47.8 Å². The number of aromatic nitrogens is 2. The van der Waals surface area contributed by atoms with Crippen molar-refractivity contribution in [2.24, 2.45) is 5.73 Å². The maximum absolute atomic E-state index is 7.97. The molecule has 1 aliphatic heterocycles. The van der Waals surface area contributed by atoms with Crippen molar-refractivity contribution in [3.05, 3.63) is 16.8 Å². The van der Waals surface area contributed by atoms with E-state index in [0.29, 0.717) is 6.04 Å². The van der Waals surface area contributed by atoms with E-state index in [0.717, 1.165) is 55.1 Å². The van der Waals surface area contributed by atoms with Crippen molar-refractivity contribution in [2.45, 2.75) is 39.7 Å². The van der Waals surface area contributed by atoms with Crippen LogP contribution in [0.3, 0.4) is 0 Å². The van der Waals surface area contributed by atoms with Gasteiger partial charge in [0.1, 0.15) is 5.84 Å². The molecule has 0 amide bonds. The Labute approximate surface area is 126 Å². The molecule has 1 aliphatic rings. The molecule has 1 aromatic rings. The van der Waals surface area contributed by atoms with E-state index in [1.54, 1.807) is 0 Å². The van der Waals surface area contributed by atoms with Gasteiger partial charge in [0.25, 0.3) is 0 Å². The summed E-state index contributed by atoms with van der Waals surface area (Å²) in [5.74, 6) is 0.870. The monoisotopic (exact) mass is 290 g/mol. The van der Waals surface area contributed by atoms with Gasteiger partial charge in [-0.05, 0) is 32.4 Å². The number of nitrogens with one attached hydrogen (secondary N) is 1. The number of nitrogen functional groups attached to an aromatic ring is 1. The molecule has 1 fully saturated rings. The Morgan fingerprint density at radius 3 is 2.52 bits per heavy atom. The van der Waals surface area contributed by atoms with Crippen LogP contribution in [0.25, 0.3) is 0 Å². The number of nitrogens with zero attached hydrogens (tertiary/aromatic N) is 4. The first-order valence-corrected chi connectivity index (χ1v) is 7.67. The lowest BCUT2D eigenvalue weighted by Crippen LogP contribution is -2.51. The second-order valence-corrected chi connectivity index (χ2v) is 5.72.